The zero-order valence-electron chi connectivity index (χ0n) is 14.4. The van der Waals surface area contributed by atoms with E-state index >= 15 is 0 Å². The monoisotopic (exact) mass is 394 g/mol. The van der Waals surface area contributed by atoms with Crippen molar-refractivity contribution in [2.75, 3.05) is 24.5 Å². The molecule has 0 radical (unpaired) electrons. The molecule has 2 aromatic carbocycles. The van der Waals surface area contributed by atoms with Crippen molar-refractivity contribution in [3.8, 4) is 0 Å². The fourth-order valence-electron chi connectivity index (χ4n) is 5.11. The molecule has 1 saturated heterocycles. The van der Waals surface area contributed by atoms with Gasteiger partial charge >= 0.3 is 0 Å². The van der Waals surface area contributed by atoms with Gasteiger partial charge in [-0.3, -0.25) is 4.90 Å². The Labute approximate surface area is 158 Å². The molecule has 3 aliphatic heterocycles. The summed E-state index contributed by atoms with van der Waals surface area (Å²) in [4.78, 5) is 5.24. The van der Waals surface area contributed by atoms with Crippen LogP contribution in [0.25, 0.3) is 0 Å². The van der Waals surface area contributed by atoms with Crippen molar-refractivity contribution in [3.05, 3.63) is 70.2 Å². The number of fused-ring (bicyclic) bond motifs is 5. The number of rotatable bonds is 2. The second kappa shape index (κ2) is 6.00. The number of likely N-dealkylation sites (tertiary alicyclic amines) is 1. The van der Waals surface area contributed by atoms with Crippen LogP contribution in [-0.2, 0) is 12.8 Å². The van der Waals surface area contributed by atoms with E-state index in [1.807, 2.05) is 0 Å². The van der Waals surface area contributed by atoms with Crippen LogP contribution >= 0.6 is 15.9 Å². The van der Waals surface area contributed by atoms with Crippen molar-refractivity contribution in [2.45, 2.75) is 31.2 Å². The van der Waals surface area contributed by atoms with Crippen LogP contribution in [0.4, 0.5) is 11.4 Å². The molecule has 0 unspecified atom stereocenters. The Hall–Kier alpha value is -1.58. The number of aryl methyl sites for hydroxylation is 2. The van der Waals surface area contributed by atoms with Crippen LogP contribution < -0.4 is 4.90 Å². The Morgan fingerprint density at radius 1 is 1.08 bits per heavy atom. The zero-order chi connectivity index (χ0) is 17.0. The average molecular weight is 395 g/mol. The highest BCUT2D eigenvalue weighted by molar-refractivity contribution is 9.11. The summed E-state index contributed by atoms with van der Waals surface area (Å²) in [5, 5.41) is 0. The van der Waals surface area contributed by atoms with Crippen molar-refractivity contribution in [3.63, 3.8) is 0 Å². The first-order valence-electron chi connectivity index (χ1n) is 9.27. The van der Waals surface area contributed by atoms with Gasteiger partial charge in [0, 0.05) is 47.5 Å². The van der Waals surface area contributed by atoms with Gasteiger partial charge in [0.15, 0.2) is 0 Å². The number of hydrogen-bond acceptors (Lipinski definition) is 2. The normalized spacial score (nSPS) is 24.3. The van der Waals surface area contributed by atoms with Crippen molar-refractivity contribution < 1.29 is 0 Å². The van der Waals surface area contributed by atoms with Gasteiger partial charge in [0.1, 0.15) is 0 Å². The fraction of sp³-hybridized carbons (Fsp3) is 0.364. The summed E-state index contributed by atoms with van der Waals surface area (Å²) in [6.07, 6.45) is 3.52. The maximum atomic E-state index is 4.04. The van der Waals surface area contributed by atoms with Crippen LogP contribution in [0.1, 0.15) is 29.0 Å². The molecular formula is C22H23BrN2. The summed E-state index contributed by atoms with van der Waals surface area (Å²) in [5.74, 6) is 0.599. The largest absolute Gasteiger partial charge is 0.337 e. The summed E-state index contributed by atoms with van der Waals surface area (Å²) >= 11 is 3.55. The van der Waals surface area contributed by atoms with Gasteiger partial charge in [0.05, 0.1) is 0 Å². The topological polar surface area (TPSA) is 6.48 Å². The maximum absolute atomic E-state index is 4.04. The molecule has 3 heteroatoms. The lowest BCUT2D eigenvalue weighted by Gasteiger charge is -2.39. The Morgan fingerprint density at radius 2 is 1.88 bits per heavy atom. The number of piperidine rings is 1. The third-order valence-electron chi connectivity index (χ3n) is 6.09. The molecule has 0 amide bonds. The molecule has 0 spiro atoms. The molecule has 0 N–H and O–H groups in total. The fourth-order valence-corrected chi connectivity index (χ4v) is 5.46. The average Bonchev–Trinajstić information content (AvgIpc) is 2.83. The minimum Gasteiger partial charge on any atom is -0.337 e. The number of anilines is 2. The summed E-state index contributed by atoms with van der Waals surface area (Å²) in [6, 6.07) is 16.6. The molecule has 2 nitrogen and oxygen atoms in total. The molecule has 0 saturated carbocycles. The van der Waals surface area contributed by atoms with E-state index in [4.69, 9.17) is 0 Å². The van der Waals surface area contributed by atoms with Crippen molar-refractivity contribution in [1.82, 2.24) is 4.90 Å². The van der Waals surface area contributed by atoms with Gasteiger partial charge in [-0.1, -0.05) is 58.9 Å². The summed E-state index contributed by atoms with van der Waals surface area (Å²) in [6.45, 7) is 7.27. The maximum Gasteiger partial charge on any atom is 0.0483 e. The predicted molar refractivity (Wildman–Crippen MR) is 108 cm³/mol. The van der Waals surface area contributed by atoms with E-state index in [1.54, 1.807) is 5.56 Å². The second-order valence-electron chi connectivity index (χ2n) is 7.57. The quantitative estimate of drug-likeness (QED) is 0.706. The van der Waals surface area contributed by atoms with E-state index in [1.165, 1.54) is 28.9 Å². The third kappa shape index (κ3) is 2.48. The Balaban J connectivity index is 1.61. The number of hydrogen-bond donors (Lipinski definition) is 0. The lowest BCUT2D eigenvalue weighted by Crippen LogP contribution is -2.45. The lowest BCUT2D eigenvalue weighted by molar-refractivity contribution is 0.214. The van der Waals surface area contributed by atoms with Crippen LogP contribution in [-0.4, -0.2) is 30.6 Å². The van der Waals surface area contributed by atoms with E-state index in [0.29, 0.717) is 12.0 Å². The van der Waals surface area contributed by atoms with E-state index in [-0.39, 0.29) is 0 Å². The van der Waals surface area contributed by atoms with E-state index < -0.39 is 0 Å². The Bertz CT molecular complexity index is 844. The van der Waals surface area contributed by atoms with Crippen molar-refractivity contribution in [2.24, 2.45) is 0 Å². The van der Waals surface area contributed by atoms with Crippen LogP contribution in [0.3, 0.4) is 0 Å². The number of para-hydroxylation sites is 2. The van der Waals surface area contributed by atoms with E-state index in [2.05, 4.69) is 74.8 Å². The van der Waals surface area contributed by atoms with Gasteiger partial charge in [-0.05, 0) is 42.0 Å². The molecule has 2 atom stereocenters. The predicted octanol–water partition coefficient (Wildman–Crippen LogP) is 5.00. The first kappa shape index (κ1) is 15.7. The van der Waals surface area contributed by atoms with E-state index in [9.17, 15) is 0 Å². The third-order valence-corrected chi connectivity index (χ3v) is 6.34. The molecule has 0 aromatic heterocycles. The van der Waals surface area contributed by atoms with Crippen LogP contribution in [0.5, 0.6) is 0 Å². The summed E-state index contributed by atoms with van der Waals surface area (Å²) in [5.41, 5.74) is 7.55. The molecule has 5 rings (SSSR count). The molecule has 0 aliphatic carbocycles. The van der Waals surface area contributed by atoms with Gasteiger partial charge < -0.3 is 4.90 Å². The lowest BCUT2D eigenvalue weighted by atomic mass is 9.87. The first-order chi connectivity index (χ1) is 12.2. The van der Waals surface area contributed by atoms with Crippen LogP contribution in [0.15, 0.2) is 53.5 Å². The molecular weight excluding hydrogens is 372 g/mol. The minimum absolute atomic E-state index is 0.593. The highest BCUT2D eigenvalue weighted by Gasteiger charge is 2.44. The summed E-state index contributed by atoms with van der Waals surface area (Å²) < 4.78 is 1.08. The number of nitrogens with zero attached hydrogens (tertiary/aromatic N) is 2. The Kier molecular flexibility index (Phi) is 3.76. The number of halogens is 1. The standard InChI is InChI=1S/C22H23BrN2/c1-15(23)13-24-12-11-21-19(14-24)18-7-4-6-17-10-9-16-5-2-3-8-20(16)25(21)22(17)18/h2-8,19,21H,1,9-14H2/t19-,21+/m0/s1. The first-order valence-corrected chi connectivity index (χ1v) is 10.1. The molecule has 128 valence electrons. The molecule has 2 aromatic rings. The van der Waals surface area contributed by atoms with Gasteiger partial charge in [0.2, 0.25) is 0 Å². The van der Waals surface area contributed by atoms with Crippen molar-refractivity contribution >= 4 is 27.3 Å². The smallest absolute Gasteiger partial charge is 0.0483 e. The van der Waals surface area contributed by atoms with Crippen LogP contribution in [0.2, 0.25) is 0 Å². The molecule has 3 heterocycles. The van der Waals surface area contributed by atoms with Gasteiger partial charge in [-0.2, -0.15) is 0 Å². The second-order valence-corrected chi connectivity index (χ2v) is 8.69. The summed E-state index contributed by atoms with van der Waals surface area (Å²) in [7, 11) is 0. The Morgan fingerprint density at radius 3 is 2.76 bits per heavy atom. The van der Waals surface area contributed by atoms with Crippen LogP contribution in [0, 0.1) is 0 Å². The molecule has 1 fully saturated rings. The minimum atomic E-state index is 0.593. The molecule has 25 heavy (non-hydrogen) atoms. The number of benzene rings is 2. The highest BCUT2D eigenvalue weighted by Crippen LogP contribution is 2.52. The zero-order valence-corrected chi connectivity index (χ0v) is 16.0. The van der Waals surface area contributed by atoms with Gasteiger partial charge in [-0.15, -0.1) is 0 Å². The van der Waals surface area contributed by atoms with E-state index in [0.717, 1.165) is 37.0 Å². The highest BCUT2D eigenvalue weighted by atomic mass is 79.9. The SMILES string of the molecule is C=C(Br)CN1CC[C@@H]2[C@@H](C1)c1cccc3c1N2c1ccccc1CC3. The molecule has 0 bridgehead atoms. The van der Waals surface area contributed by atoms with Gasteiger partial charge in [0.25, 0.3) is 0 Å². The molecule has 3 aliphatic rings. The van der Waals surface area contributed by atoms with Crippen molar-refractivity contribution in [1.29, 1.82) is 0 Å². The van der Waals surface area contributed by atoms with Gasteiger partial charge in [-0.25, -0.2) is 0 Å².